The Labute approximate surface area is 396 Å². The molecule has 0 atom stereocenters. The molecule has 5 heterocycles. The number of nitrogens with one attached hydrogen (secondary N) is 2. The number of benzene rings is 5. The van der Waals surface area contributed by atoms with Gasteiger partial charge in [-0.3, -0.25) is 4.79 Å². The highest BCUT2D eigenvalue weighted by Crippen LogP contribution is 2.46. The van der Waals surface area contributed by atoms with Crippen molar-refractivity contribution < 1.29 is 9.53 Å². The molecule has 0 saturated carbocycles. The fraction of sp³-hybridized carbons (Fsp3) is 0.259. The Hall–Kier alpha value is -6.09. The molecule has 66 heavy (non-hydrogen) atoms. The van der Waals surface area contributed by atoms with Crippen molar-refractivity contribution >= 4 is 73.1 Å². The lowest BCUT2D eigenvalue weighted by molar-refractivity contribution is -0.153. The highest BCUT2D eigenvalue weighted by atomic mass is 32.2. The summed E-state index contributed by atoms with van der Waals surface area (Å²) in [4.78, 5) is 33.7. The predicted octanol–water partition coefficient (Wildman–Crippen LogP) is 15.8. The predicted molar refractivity (Wildman–Crippen MR) is 280 cm³/mol. The molecule has 0 unspecified atom stereocenters. The van der Waals surface area contributed by atoms with E-state index >= 15 is 0 Å². The summed E-state index contributed by atoms with van der Waals surface area (Å²) in [6, 6.07) is 35.9. The Morgan fingerprint density at radius 3 is 1.38 bits per heavy atom. The third-order valence-electron chi connectivity index (χ3n) is 13.8. The normalized spacial score (nSPS) is 12.2. The highest BCUT2D eigenvalue weighted by Gasteiger charge is 2.27. The molecule has 332 valence electrons. The van der Waals surface area contributed by atoms with Gasteiger partial charge in [0.2, 0.25) is 0 Å². The minimum atomic E-state index is -0.444. The number of carbonyl (C=O) groups excluding carboxylic acids is 1. The number of esters is 1. The Bertz CT molecular complexity index is 3470. The van der Waals surface area contributed by atoms with Gasteiger partial charge in [0.1, 0.15) is 6.61 Å². The van der Waals surface area contributed by atoms with Gasteiger partial charge < -0.3 is 14.7 Å². The number of rotatable bonds is 9. The average Bonchev–Trinajstić information content (AvgIpc) is 4.06. The summed E-state index contributed by atoms with van der Waals surface area (Å²) < 4.78 is 5.57. The first kappa shape index (κ1) is 43.8. The number of aryl methyl sites for hydroxylation is 7. The lowest BCUT2D eigenvalue weighted by Crippen LogP contribution is -2.26. The van der Waals surface area contributed by atoms with Crippen molar-refractivity contribution in [3.8, 4) is 45.0 Å². The van der Waals surface area contributed by atoms with Crippen LogP contribution < -0.4 is 0 Å². The molecule has 0 amide bonds. The van der Waals surface area contributed by atoms with Gasteiger partial charge in [-0.25, -0.2) is 9.97 Å². The summed E-state index contributed by atoms with van der Waals surface area (Å²) in [7, 11) is 0. The molecule has 0 radical (unpaired) electrons. The summed E-state index contributed by atoms with van der Waals surface area (Å²) in [5, 5.41) is 4.78. The first-order chi connectivity index (χ1) is 31.7. The van der Waals surface area contributed by atoms with Crippen LogP contribution in [0.25, 0.3) is 88.6 Å². The maximum absolute atomic E-state index is 12.4. The molecule has 0 fully saturated rings. The Balaban J connectivity index is 1.17. The number of hydrogen-bond donors (Lipinski definition) is 2. The maximum atomic E-state index is 12.4. The molecule has 0 aliphatic carbocycles. The van der Waals surface area contributed by atoms with Crippen LogP contribution in [0.3, 0.4) is 0 Å². The average molecular weight is 905 g/mol. The van der Waals surface area contributed by atoms with E-state index in [1.54, 1.807) is 23.5 Å². The second-order valence-corrected chi connectivity index (χ2v) is 21.1. The zero-order valence-corrected chi connectivity index (χ0v) is 41.2. The van der Waals surface area contributed by atoms with Crippen molar-refractivity contribution in [3.63, 3.8) is 0 Å². The fourth-order valence-electron chi connectivity index (χ4n) is 9.76. The molecule has 3 aromatic heterocycles. The molecular weight excluding hydrogens is 849 g/mol. The van der Waals surface area contributed by atoms with Crippen LogP contribution in [0.5, 0.6) is 0 Å². The van der Waals surface area contributed by atoms with Crippen LogP contribution in [0, 0.1) is 53.9 Å². The quantitative estimate of drug-likeness (QED) is 0.111. The van der Waals surface area contributed by atoms with Crippen LogP contribution in [-0.2, 0) is 15.3 Å². The monoisotopic (exact) mass is 904 g/mol. The summed E-state index contributed by atoms with van der Waals surface area (Å²) >= 11 is 3.57. The number of carbonyl (C=O) groups is 1. The van der Waals surface area contributed by atoms with Crippen LogP contribution in [-0.4, -0.2) is 38.3 Å². The molecule has 8 heteroatoms. The molecule has 8 aromatic rings. The lowest BCUT2D eigenvalue weighted by Gasteiger charge is -2.20. The maximum Gasteiger partial charge on any atom is 0.311 e. The third kappa shape index (κ3) is 7.62. The van der Waals surface area contributed by atoms with Crippen LogP contribution in [0.15, 0.2) is 107 Å². The van der Waals surface area contributed by atoms with E-state index in [1.165, 1.54) is 98.1 Å². The number of fused-ring (bicyclic) bond motifs is 20. The third-order valence-corrected chi connectivity index (χ3v) is 15.9. The van der Waals surface area contributed by atoms with Crippen LogP contribution >= 0.6 is 23.5 Å². The van der Waals surface area contributed by atoms with Crippen molar-refractivity contribution in [2.75, 3.05) is 12.4 Å². The topological polar surface area (TPSA) is 83.7 Å². The van der Waals surface area contributed by atoms with Gasteiger partial charge in [0.25, 0.3) is 0 Å². The molecule has 5 aromatic carbocycles. The summed E-state index contributed by atoms with van der Waals surface area (Å²) in [6.07, 6.45) is 0.762. The SMILES string of the molecule is CCC(C)(C)C(=O)OCCSCc1ccc(Sc2ccc(C)c3c4cc5nc(cc6[nH]c(cc7nc(cc([nH]4)c23)-c2c(C)ccc(C)c2-7)c2c(C)ccc(C)c62)-c2c(C)ccc(C)c2-5)cc1. The number of H-pyrrole nitrogens is 2. The fourth-order valence-corrected chi connectivity index (χ4v) is 11.5. The molecule has 2 aliphatic heterocycles. The second-order valence-electron chi connectivity index (χ2n) is 18.9. The van der Waals surface area contributed by atoms with E-state index in [9.17, 15) is 4.79 Å². The van der Waals surface area contributed by atoms with Crippen LogP contribution in [0.4, 0.5) is 0 Å². The largest absolute Gasteiger partial charge is 0.464 e. The zero-order valence-electron chi connectivity index (χ0n) is 39.6. The Morgan fingerprint density at radius 1 is 0.545 bits per heavy atom. The van der Waals surface area contributed by atoms with Crippen molar-refractivity contribution in [3.05, 3.63) is 142 Å². The minimum Gasteiger partial charge on any atom is -0.464 e. The van der Waals surface area contributed by atoms with E-state index in [2.05, 4.69) is 155 Å². The van der Waals surface area contributed by atoms with E-state index in [4.69, 9.17) is 14.7 Å². The Morgan fingerprint density at radius 2 is 0.939 bits per heavy atom. The molecule has 10 rings (SSSR count). The first-order valence-corrected chi connectivity index (χ1v) is 25.0. The number of thioether (sulfide) groups is 1. The molecule has 0 saturated heterocycles. The number of aromatic nitrogens is 4. The smallest absolute Gasteiger partial charge is 0.311 e. The van der Waals surface area contributed by atoms with Crippen molar-refractivity contribution in [2.45, 2.75) is 91.2 Å². The van der Waals surface area contributed by atoms with E-state index in [-0.39, 0.29) is 5.97 Å². The van der Waals surface area contributed by atoms with E-state index in [0.717, 1.165) is 62.8 Å². The molecule has 0 spiro atoms. The molecular formula is C58H56N4O2S2. The summed E-state index contributed by atoms with van der Waals surface area (Å²) in [5.74, 6) is 1.49. The van der Waals surface area contributed by atoms with Crippen LogP contribution in [0.2, 0.25) is 0 Å². The summed E-state index contributed by atoms with van der Waals surface area (Å²) in [6.45, 7) is 21.8. The van der Waals surface area contributed by atoms with Gasteiger partial charge in [0.05, 0.1) is 28.2 Å². The molecule has 2 aliphatic rings. The number of nitrogens with zero attached hydrogens (tertiary/aromatic N) is 2. The number of hydrogen-bond acceptors (Lipinski definition) is 6. The lowest BCUT2D eigenvalue weighted by atomic mass is 9.91. The van der Waals surface area contributed by atoms with E-state index < -0.39 is 5.41 Å². The van der Waals surface area contributed by atoms with E-state index in [0.29, 0.717) is 6.61 Å². The van der Waals surface area contributed by atoms with Gasteiger partial charge in [0, 0.05) is 87.2 Å². The van der Waals surface area contributed by atoms with Gasteiger partial charge >= 0.3 is 5.97 Å². The standard InChI is InChI=1S/C58H56N4O2S2/c1-11-58(9,10)57(63)64-24-25-65-30-38-19-21-39(22-20-38)66-48-23-18-37(8)55-46-28-44-53-35(6)15-14-33(4)51(53)42(60-44)26-40-49-31(2)12-13-32(3)50(49)41(59-40)27-43-52-34(5)16-17-36(7)54(52)45(61-43)29-47(62-46)56(48)55/h12-23,26-29,59,62H,11,24-25,30H2,1-10H3. The minimum absolute atomic E-state index is 0.123. The van der Waals surface area contributed by atoms with Crippen molar-refractivity contribution in [2.24, 2.45) is 5.41 Å². The number of ether oxygens (including phenoxy) is 1. The van der Waals surface area contributed by atoms with Crippen LogP contribution in [0.1, 0.15) is 71.7 Å². The molecule has 8 bridgehead atoms. The van der Waals surface area contributed by atoms with Gasteiger partial charge in [-0.1, -0.05) is 73.3 Å². The van der Waals surface area contributed by atoms with Crippen molar-refractivity contribution in [1.29, 1.82) is 0 Å². The van der Waals surface area contributed by atoms with E-state index in [1.807, 2.05) is 20.8 Å². The van der Waals surface area contributed by atoms with Gasteiger partial charge in [-0.05, 0) is 156 Å². The highest BCUT2D eigenvalue weighted by molar-refractivity contribution is 7.99. The van der Waals surface area contributed by atoms with Gasteiger partial charge in [0.15, 0.2) is 0 Å². The second kappa shape index (κ2) is 17.0. The van der Waals surface area contributed by atoms with Crippen molar-refractivity contribution in [1.82, 2.24) is 19.9 Å². The van der Waals surface area contributed by atoms with Gasteiger partial charge in [-0.15, -0.1) is 0 Å². The zero-order chi connectivity index (χ0) is 46.2. The first-order valence-electron chi connectivity index (χ1n) is 23.0. The molecule has 2 N–H and O–H groups in total. The Kier molecular flexibility index (Phi) is 11.3. The van der Waals surface area contributed by atoms with Gasteiger partial charge in [-0.2, -0.15) is 11.8 Å². The number of aromatic amines is 2. The molecule has 6 nitrogen and oxygen atoms in total. The summed E-state index contributed by atoms with van der Waals surface area (Å²) in [5.41, 5.74) is 21.9.